The third-order valence-electron chi connectivity index (χ3n) is 3.56. The van der Waals surface area contributed by atoms with Gasteiger partial charge < -0.3 is 0 Å². The molecule has 0 spiro atoms. The molecule has 0 radical (unpaired) electrons. The second-order valence-electron chi connectivity index (χ2n) is 4.82. The summed E-state index contributed by atoms with van der Waals surface area (Å²) in [6, 6.07) is 14.6. The first-order valence-electron chi connectivity index (χ1n) is 6.21. The van der Waals surface area contributed by atoms with Crippen LogP contribution in [0.5, 0.6) is 0 Å². The van der Waals surface area contributed by atoms with Crippen molar-refractivity contribution in [2.45, 2.75) is 12.3 Å². The second-order valence-corrected chi connectivity index (χ2v) is 5.67. The summed E-state index contributed by atoms with van der Waals surface area (Å²) in [4.78, 5) is 12.4. The number of hydrogen-bond donors (Lipinski definition) is 0. The first kappa shape index (κ1) is 12.5. The summed E-state index contributed by atoms with van der Waals surface area (Å²) in [5.74, 6) is -0.396. The molecule has 1 aliphatic carbocycles. The summed E-state index contributed by atoms with van der Waals surface area (Å²) in [6.45, 7) is 0. The summed E-state index contributed by atoms with van der Waals surface area (Å²) in [5.41, 5.74) is 1.35. The summed E-state index contributed by atoms with van der Waals surface area (Å²) in [6.07, 6.45) is 0.809. The minimum atomic E-state index is -0.446. The molecule has 0 aliphatic heterocycles. The molecule has 1 nitrogen and oxygen atoms in total. The van der Waals surface area contributed by atoms with E-state index in [2.05, 4.69) is 15.9 Å². The Kier molecular flexibility index (Phi) is 3.23. The van der Waals surface area contributed by atoms with Crippen molar-refractivity contribution in [3.63, 3.8) is 0 Å². The summed E-state index contributed by atoms with van der Waals surface area (Å²) >= 11 is 3.26. The minimum absolute atomic E-state index is 0.0874. The molecule has 0 saturated heterocycles. The molecule has 0 heterocycles. The summed E-state index contributed by atoms with van der Waals surface area (Å²) < 4.78 is 14.3. The van der Waals surface area contributed by atoms with Crippen LogP contribution >= 0.6 is 15.9 Å². The average molecular weight is 319 g/mol. The molecule has 1 saturated carbocycles. The van der Waals surface area contributed by atoms with Gasteiger partial charge in [0.05, 0.1) is 5.56 Å². The van der Waals surface area contributed by atoms with E-state index < -0.39 is 5.82 Å². The van der Waals surface area contributed by atoms with Gasteiger partial charge in [-0.15, -0.1) is 0 Å². The molecule has 2 aromatic rings. The molecule has 2 unspecified atom stereocenters. The Balaban J connectivity index is 1.84. The number of carbonyl (C=O) groups is 1. The lowest BCUT2D eigenvalue weighted by Gasteiger charge is -2.05. The molecule has 1 fully saturated rings. The molecule has 0 aromatic heterocycles. The van der Waals surface area contributed by atoms with Crippen LogP contribution < -0.4 is 0 Å². The Hall–Kier alpha value is -1.48. The lowest BCUT2D eigenvalue weighted by Crippen LogP contribution is -2.07. The van der Waals surface area contributed by atoms with Crippen molar-refractivity contribution >= 4 is 21.7 Å². The largest absolute Gasteiger partial charge is 0.294 e. The van der Waals surface area contributed by atoms with Crippen molar-refractivity contribution in [2.24, 2.45) is 5.92 Å². The molecule has 1 aliphatic rings. The van der Waals surface area contributed by atoms with Crippen molar-refractivity contribution in [2.75, 3.05) is 0 Å². The van der Waals surface area contributed by atoms with Crippen LogP contribution in [0.1, 0.15) is 28.3 Å². The molecule has 96 valence electrons. The predicted octanol–water partition coefficient (Wildman–Crippen LogP) is 4.57. The fourth-order valence-corrected chi connectivity index (χ4v) is 3.01. The van der Waals surface area contributed by atoms with Crippen LogP contribution in [0.15, 0.2) is 53.0 Å². The highest BCUT2D eigenvalue weighted by Gasteiger charge is 2.45. The van der Waals surface area contributed by atoms with Crippen LogP contribution in [-0.4, -0.2) is 5.78 Å². The molecule has 3 heteroatoms. The Morgan fingerprint density at radius 3 is 2.53 bits per heavy atom. The van der Waals surface area contributed by atoms with Crippen LogP contribution in [0.4, 0.5) is 4.39 Å². The molecule has 2 aromatic carbocycles. The fourth-order valence-electron chi connectivity index (χ4n) is 2.47. The van der Waals surface area contributed by atoms with Crippen molar-refractivity contribution in [3.05, 3.63) is 69.9 Å². The number of Topliss-reactive ketones (excluding diaryl/α,β-unsaturated/α-hetero) is 1. The van der Waals surface area contributed by atoms with Gasteiger partial charge in [0.2, 0.25) is 0 Å². The van der Waals surface area contributed by atoms with E-state index in [1.165, 1.54) is 6.07 Å². The lowest BCUT2D eigenvalue weighted by atomic mass is 10.0. The molecule has 19 heavy (non-hydrogen) atoms. The zero-order valence-electron chi connectivity index (χ0n) is 10.1. The molecule has 0 N–H and O–H groups in total. The van der Waals surface area contributed by atoms with E-state index in [0.29, 0.717) is 4.47 Å². The van der Waals surface area contributed by atoms with E-state index in [9.17, 15) is 9.18 Å². The average Bonchev–Trinajstić information content (AvgIpc) is 3.19. The third kappa shape index (κ3) is 2.35. The van der Waals surface area contributed by atoms with Crippen molar-refractivity contribution in [3.8, 4) is 0 Å². The van der Waals surface area contributed by atoms with Gasteiger partial charge in [-0.1, -0.05) is 36.4 Å². The zero-order chi connectivity index (χ0) is 13.4. The van der Waals surface area contributed by atoms with E-state index >= 15 is 0 Å². The van der Waals surface area contributed by atoms with E-state index in [1.807, 2.05) is 30.3 Å². The van der Waals surface area contributed by atoms with Gasteiger partial charge in [-0.2, -0.15) is 0 Å². The van der Waals surface area contributed by atoms with Gasteiger partial charge in [-0.3, -0.25) is 4.79 Å². The van der Waals surface area contributed by atoms with Gasteiger partial charge in [-0.05, 0) is 46.0 Å². The number of halogens is 2. The van der Waals surface area contributed by atoms with E-state index in [0.717, 1.165) is 12.0 Å². The normalized spacial score (nSPS) is 21.2. The highest BCUT2D eigenvalue weighted by molar-refractivity contribution is 9.10. The molecular formula is C16H12BrFO. The highest BCUT2D eigenvalue weighted by atomic mass is 79.9. The Morgan fingerprint density at radius 2 is 1.84 bits per heavy atom. The number of hydrogen-bond acceptors (Lipinski definition) is 1. The van der Waals surface area contributed by atoms with Crippen LogP contribution in [-0.2, 0) is 0 Å². The Morgan fingerprint density at radius 1 is 1.11 bits per heavy atom. The maximum absolute atomic E-state index is 13.8. The standard InChI is InChI=1S/C16H12BrFO/c17-13-7-4-8-14(18)15(13)16(19)12-9-11(12)10-5-2-1-3-6-10/h1-8,11-12H,9H2. The number of rotatable bonds is 3. The van der Waals surface area contributed by atoms with E-state index in [-0.39, 0.29) is 23.2 Å². The van der Waals surface area contributed by atoms with Crippen LogP contribution in [0.2, 0.25) is 0 Å². The van der Waals surface area contributed by atoms with Gasteiger partial charge in [0.1, 0.15) is 5.82 Å². The van der Waals surface area contributed by atoms with E-state index in [1.54, 1.807) is 12.1 Å². The topological polar surface area (TPSA) is 17.1 Å². The highest BCUT2D eigenvalue weighted by Crippen LogP contribution is 2.49. The van der Waals surface area contributed by atoms with Crippen molar-refractivity contribution in [1.29, 1.82) is 0 Å². The third-order valence-corrected chi connectivity index (χ3v) is 4.22. The molecular weight excluding hydrogens is 307 g/mol. The van der Waals surface area contributed by atoms with Gasteiger partial charge in [0, 0.05) is 10.4 Å². The summed E-state index contributed by atoms with van der Waals surface area (Å²) in [5, 5.41) is 0. The van der Waals surface area contributed by atoms with Crippen LogP contribution in [0.3, 0.4) is 0 Å². The molecule has 2 atom stereocenters. The number of ketones is 1. The van der Waals surface area contributed by atoms with Gasteiger partial charge in [0.25, 0.3) is 0 Å². The summed E-state index contributed by atoms with van der Waals surface area (Å²) in [7, 11) is 0. The molecule has 0 bridgehead atoms. The smallest absolute Gasteiger partial charge is 0.170 e. The molecule has 3 rings (SSSR count). The number of benzene rings is 2. The quantitative estimate of drug-likeness (QED) is 0.757. The van der Waals surface area contributed by atoms with Gasteiger partial charge in [-0.25, -0.2) is 4.39 Å². The van der Waals surface area contributed by atoms with Crippen LogP contribution in [0, 0.1) is 11.7 Å². The number of carbonyl (C=O) groups excluding carboxylic acids is 1. The predicted molar refractivity (Wildman–Crippen MR) is 75.7 cm³/mol. The first-order valence-corrected chi connectivity index (χ1v) is 7.01. The Bertz CT molecular complexity index is 604. The minimum Gasteiger partial charge on any atom is -0.294 e. The monoisotopic (exact) mass is 318 g/mol. The lowest BCUT2D eigenvalue weighted by molar-refractivity contribution is 0.0960. The van der Waals surface area contributed by atoms with E-state index in [4.69, 9.17) is 0 Å². The zero-order valence-corrected chi connectivity index (χ0v) is 11.7. The first-order chi connectivity index (χ1) is 9.18. The Labute approximate surface area is 119 Å². The fraction of sp³-hybridized carbons (Fsp3) is 0.188. The van der Waals surface area contributed by atoms with Gasteiger partial charge >= 0.3 is 0 Å². The maximum atomic E-state index is 13.8. The van der Waals surface area contributed by atoms with Crippen molar-refractivity contribution in [1.82, 2.24) is 0 Å². The molecule has 0 amide bonds. The van der Waals surface area contributed by atoms with Crippen molar-refractivity contribution < 1.29 is 9.18 Å². The van der Waals surface area contributed by atoms with Gasteiger partial charge in [0.15, 0.2) is 5.78 Å². The SMILES string of the molecule is O=C(c1c(F)cccc1Br)C1CC1c1ccccc1. The maximum Gasteiger partial charge on any atom is 0.170 e. The second kappa shape index (κ2) is 4.89. The van der Waals surface area contributed by atoms with Crippen LogP contribution in [0.25, 0.3) is 0 Å².